The second-order valence-corrected chi connectivity index (χ2v) is 14.6. The molecule has 3 aromatic rings. The number of hydrogen-bond acceptors (Lipinski definition) is 9. The van der Waals surface area contributed by atoms with Gasteiger partial charge in [-0.1, -0.05) is 68.4 Å². The maximum absolute atomic E-state index is 13.0. The number of halogens is 1. The maximum Gasteiger partial charge on any atom is 0.224 e. The van der Waals surface area contributed by atoms with Crippen molar-refractivity contribution in [3.05, 3.63) is 64.3 Å². The average Bonchev–Trinajstić information content (AvgIpc) is 3.10. The number of aromatic nitrogens is 2. The van der Waals surface area contributed by atoms with Crippen LogP contribution in [0.25, 0.3) is 0 Å². The van der Waals surface area contributed by atoms with E-state index < -0.39 is 0 Å². The van der Waals surface area contributed by atoms with E-state index in [0.29, 0.717) is 46.1 Å². The molecule has 2 amide bonds. The molecule has 0 aliphatic carbocycles. The molecule has 0 radical (unpaired) electrons. The summed E-state index contributed by atoms with van der Waals surface area (Å²) in [6.07, 6.45) is 6.06. The lowest BCUT2D eigenvalue weighted by molar-refractivity contribution is -0.134. The molecule has 3 heterocycles. The van der Waals surface area contributed by atoms with Crippen LogP contribution in [0.5, 0.6) is 0 Å². The molecule has 5 N–H and O–H groups in total. The molecule has 0 spiro atoms. The van der Waals surface area contributed by atoms with E-state index in [4.69, 9.17) is 23.1 Å². The number of rotatable bonds is 12. The number of nitrogens with two attached hydrogens (primary N) is 2. The van der Waals surface area contributed by atoms with Crippen LogP contribution in [-0.4, -0.2) is 77.4 Å². The number of hydrogen-bond donors (Lipinski definition) is 3. The van der Waals surface area contributed by atoms with Gasteiger partial charge in [0, 0.05) is 63.6 Å². The highest BCUT2D eigenvalue weighted by atomic mass is 35.5. The standard InChI is InChI=1S/C36H49ClN8O2S/c1-4-26-10-9-25(21-27(26)5-2)23-43-17-19-45(20-18-43)32(47)12-11-31(46)41-28-7-6-8-29(33(28)37)48-35-34(39)42-30(22-40-35)44-15-13-36(3,24-38)14-16-44/h6-10,21-22H,4-5,11-20,23-24,38H2,1-3H3,(H2,39,42)(H,41,46). The van der Waals surface area contributed by atoms with Crippen molar-refractivity contribution in [1.82, 2.24) is 19.8 Å². The third-order valence-corrected chi connectivity index (χ3v) is 11.3. The van der Waals surface area contributed by atoms with E-state index in [9.17, 15) is 9.59 Å². The highest BCUT2D eigenvalue weighted by molar-refractivity contribution is 7.99. The number of piperazine rings is 1. The number of carbonyl (C=O) groups excluding carboxylic acids is 2. The summed E-state index contributed by atoms with van der Waals surface area (Å²) in [5.41, 5.74) is 17.1. The summed E-state index contributed by atoms with van der Waals surface area (Å²) in [6, 6.07) is 12.2. The van der Waals surface area contributed by atoms with Crippen LogP contribution in [0.4, 0.5) is 17.3 Å². The first-order chi connectivity index (χ1) is 23.1. The SMILES string of the molecule is CCc1ccc(CN2CCN(C(=O)CCC(=O)Nc3cccc(Sc4ncc(N5CCC(C)(CN)CC5)nc4N)c3Cl)CC2)cc1CC. The van der Waals surface area contributed by atoms with Crippen molar-refractivity contribution in [2.45, 2.75) is 75.8 Å². The molecule has 12 heteroatoms. The van der Waals surface area contributed by atoms with Crippen molar-refractivity contribution < 1.29 is 9.59 Å². The first kappa shape index (κ1) is 35.9. The molecule has 0 bridgehead atoms. The summed E-state index contributed by atoms with van der Waals surface area (Å²) in [6.45, 7) is 12.9. The van der Waals surface area contributed by atoms with E-state index in [1.165, 1.54) is 28.5 Å². The third kappa shape index (κ3) is 8.99. The molecular weight excluding hydrogens is 644 g/mol. The summed E-state index contributed by atoms with van der Waals surface area (Å²) < 4.78 is 0. The Labute approximate surface area is 294 Å². The topological polar surface area (TPSA) is 134 Å². The number of nitrogens with zero attached hydrogens (tertiary/aromatic N) is 5. The molecule has 0 unspecified atom stereocenters. The van der Waals surface area contributed by atoms with Gasteiger partial charge in [-0.2, -0.15) is 0 Å². The Morgan fingerprint density at radius 1 is 1.00 bits per heavy atom. The summed E-state index contributed by atoms with van der Waals surface area (Å²) in [5, 5.41) is 3.80. The maximum atomic E-state index is 13.0. The smallest absolute Gasteiger partial charge is 0.224 e. The van der Waals surface area contributed by atoms with Gasteiger partial charge in [0.05, 0.1) is 16.9 Å². The highest BCUT2D eigenvalue weighted by Gasteiger charge is 2.29. The van der Waals surface area contributed by atoms with Gasteiger partial charge in [-0.3, -0.25) is 14.5 Å². The molecule has 2 fully saturated rings. The summed E-state index contributed by atoms with van der Waals surface area (Å²) in [4.78, 5) is 42.2. The molecule has 48 heavy (non-hydrogen) atoms. The lowest BCUT2D eigenvalue weighted by atomic mass is 9.80. The van der Waals surface area contributed by atoms with Gasteiger partial charge >= 0.3 is 0 Å². The molecule has 2 saturated heterocycles. The van der Waals surface area contributed by atoms with E-state index in [-0.39, 0.29) is 30.1 Å². The number of aryl methyl sites for hydroxylation is 2. The zero-order valence-corrected chi connectivity index (χ0v) is 30.0. The summed E-state index contributed by atoms with van der Waals surface area (Å²) in [5.74, 6) is 0.814. The van der Waals surface area contributed by atoms with E-state index in [2.05, 4.69) is 64.1 Å². The second-order valence-electron chi connectivity index (χ2n) is 13.2. The van der Waals surface area contributed by atoms with E-state index in [0.717, 1.165) is 64.2 Å². The van der Waals surface area contributed by atoms with Crippen LogP contribution >= 0.6 is 23.4 Å². The van der Waals surface area contributed by atoms with Crippen molar-refractivity contribution in [3.63, 3.8) is 0 Å². The van der Waals surface area contributed by atoms with Gasteiger partial charge in [-0.25, -0.2) is 9.97 Å². The predicted octanol–water partition coefficient (Wildman–Crippen LogP) is 5.62. The molecule has 258 valence electrons. The third-order valence-electron chi connectivity index (χ3n) is 9.71. The zero-order chi connectivity index (χ0) is 34.3. The van der Waals surface area contributed by atoms with Gasteiger partial charge in [0.2, 0.25) is 11.8 Å². The highest BCUT2D eigenvalue weighted by Crippen LogP contribution is 2.39. The van der Waals surface area contributed by atoms with Crippen LogP contribution < -0.4 is 21.7 Å². The largest absolute Gasteiger partial charge is 0.381 e. The molecular formula is C36H49ClN8O2S. The quantitative estimate of drug-likeness (QED) is 0.221. The fraction of sp³-hybridized carbons (Fsp3) is 0.500. The molecule has 2 aliphatic heterocycles. The van der Waals surface area contributed by atoms with Gasteiger partial charge in [-0.05, 0) is 66.5 Å². The Kier molecular flexibility index (Phi) is 12.2. The van der Waals surface area contributed by atoms with Crippen molar-refractivity contribution in [2.24, 2.45) is 11.1 Å². The monoisotopic (exact) mass is 692 g/mol. The summed E-state index contributed by atoms with van der Waals surface area (Å²) >= 11 is 8.01. The minimum Gasteiger partial charge on any atom is -0.381 e. The minimum atomic E-state index is -0.260. The lowest BCUT2D eigenvalue weighted by Crippen LogP contribution is -2.48. The van der Waals surface area contributed by atoms with Crippen LogP contribution in [0.15, 0.2) is 52.5 Å². The number of nitrogens with one attached hydrogen (secondary N) is 1. The Morgan fingerprint density at radius 2 is 1.73 bits per heavy atom. The number of piperidine rings is 1. The van der Waals surface area contributed by atoms with E-state index in [1.807, 2.05) is 17.0 Å². The van der Waals surface area contributed by atoms with Crippen molar-refractivity contribution in [2.75, 3.05) is 61.8 Å². The molecule has 10 nitrogen and oxygen atoms in total. The first-order valence-corrected chi connectivity index (χ1v) is 18.3. The Bertz CT molecular complexity index is 1590. The predicted molar refractivity (Wildman–Crippen MR) is 196 cm³/mol. The van der Waals surface area contributed by atoms with Crippen LogP contribution in [-0.2, 0) is 29.0 Å². The van der Waals surface area contributed by atoms with E-state index in [1.54, 1.807) is 12.3 Å². The number of amides is 2. The first-order valence-electron chi connectivity index (χ1n) is 17.1. The normalized spacial score (nSPS) is 16.6. The van der Waals surface area contributed by atoms with Gasteiger partial charge in [0.15, 0.2) is 5.82 Å². The second kappa shape index (κ2) is 16.3. The summed E-state index contributed by atoms with van der Waals surface area (Å²) in [7, 11) is 0. The molecule has 0 atom stereocenters. The van der Waals surface area contributed by atoms with Crippen LogP contribution in [0.3, 0.4) is 0 Å². The van der Waals surface area contributed by atoms with Crippen molar-refractivity contribution >= 4 is 52.5 Å². The van der Waals surface area contributed by atoms with Crippen LogP contribution in [0.2, 0.25) is 5.02 Å². The average molecular weight is 693 g/mol. The van der Waals surface area contributed by atoms with Gasteiger partial charge < -0.3 is 26.6 Å². The van der Waals surface area contributed by atoms with E-state index >= 15 is 0 Å². The molecule has 2 aromatic carbocycles. The Balaban J connectivity index is 1.08. The minimum absolute atomic E-state index is 0.00350. The lowest BCUT2D eigenvalue weighted by Gasteiger charge is -2.39. The molecule has 1 aromatic heterocycles. The van der Waals surface area contributed by atoms with Crippen LogP contribution in [0, 0.1) is 5.41 Å². The van der Waals surface area contributed by atoms with Crippen molar-refractivity contribution in [1.29, 1.82) is 0 Å². The molecule has 0 saturated carbocycles. The Hall–Kier alpha value is -3.38. The number of nitrogen functional groups attached to an aromatic ring is 1. The molecule has 2 aliphatic rings. The molecule has 5 rings (SSSR count). The van der Waals surface area contributed by atoms with Crippen LogP contribution in [0.1, 0.15) is 63.1 Å². The number of carbonyl (C=O) groups is 2. The Morgan fingerprint density at radius 3 is 2.40 bits per heavy atom. The van der Waals surface area contributed by atoms with Gasteiger partial charge in [-0.15, -0.1) is 0 Å². The fourth-order valence-corrected chi connectivity index (χ4v) is 7.44. The number of anilines is 3. The fourth-order valence-electron chi connectivity index (χ4n) is 6.34. The zero-order valence-electron chi connectivity index (χ0n) is 28.4. The van der Waals surface area contributed by atoms with Gasteiger partial charge in [0.1, 0.15) is 10.8 Å². The van der Waals surface area contributed by atoms with Crippen molar-refractivity contribution in [3.8, 4) is 0 Å². The number of benzene rings is 2. The van der Waals surface area contributed by atoms with Gasteiger partial charge in [0.25, 0.3) is 0 Å².